The zero-order valence-electron chi connectivity index (χ0n) is 20.0. The predicted octanol–water partition coefficient (Wildman–Crippen LogP) is 2.65. The summed E-state index contributed by atoms with van der Waals surface area (Å²) in [5.41, 5.74) is -1.15. The van der Waals surface area contributed by atoms with Crippen LogP contribution in [-0.4, -0.2) is 83.0 Å². The molecule has 1 aliphatic carbocycles. The number of amides is 1. The highest BCUT2D eigenvalue weighted by atomic mass is 32.2. The van der Waals surface area contributed by atoms with Gasteiger partial charge in [0, 0.05) is 17.9 Å². The van der Waals surface area contributed by atoms with Gasteiger partial charge in [-0.05, 0) is 32.2 Å². The highest BCUT2D eigenvalue weighted by Crippen LogP contribution is 2.56. The number of nitrogens with zero attached hydrogens (tertiary/aromatic N) is 5. The van der Waals surface area contributed by atoms with Gasteiger partial charge in [-0.1, -0.05) is 19.0 Å². The first-order valence-electron chi connectivity index (χ1n) is 10.7. The molecule has 0 radical (unpaired) electrons. The quantitative estimate of drug-likeness (QED) is 0.462. The number of carbonyl (C=O) groups is 1. The van der Waals surface area contributed by atoms with Crippen LogP contribution >= 0.6 is 0 Å². The summed E-state index contributed by atoms with van der Waals surface area (Å²) in [6.07, 6.45) is -4.08. The van der Waals surface area contributed by atoms with Crippen molar-refractivity contribution in [1.29, 1.82) is 5.26 Å². The maximum Gasteiger partial charge on any atom is 0.471 e. The lowest BCUT2D eigenvalue weighted by molar-refractivity contribution is -0.159. The molecule has 0 bridgehead atoms. The molecule has 4 atom stereocenters. The Balaban J connectivity index is 0.000000784. The third kappa shape index (κ3) is 6.47. The maximum atomic E-state index is 13.7. The molecule has 35 heavy (non-hydrogen) atoms. The van der Waals surface area contributed by atoms with E-state index >= 15 is 0 Å². The van der Waals surface area contributed by atoms with Gasteiger partial charge in [-0.3, -0.25) is 14.2 Å². The summed E-state index contributed by atoms with van der Waals surface area (Å²) in [4.78, 5) is 19.4. The molecule has 1 saturated heterocycles. The number of rotatable bonds is 4. The van der Waals surface area contributed by atoms with E-state index in [0.29, 0.717) is 19.1 Å². The van der Waals surface area contributed by atoms with Crippen molar-refractivity contribution in [1.82, 2.24) is 19.9 Å². The average Bonchev–Trinajstić information content (AvgIpc) is 3.37. The Morgan fingerprint density at radius 3 is 2.43 bits per heavy atom. The summed E-state index contributed by atoms with van der Waals surface area (Å²) in [7, 11) is -1.91. The number of likely N-dealkylation sites (tertiary alicyclic amines) is 1. The van der Waals surface area contributed by atoms with Crippen molar-refractivity contribution in [3.63, 3.8) is 0 Å². The molecule has 1 aromatic heterocycles. The van der Waals surface area contributed by atoms with E-state index in [-0.39, 0.29) is 31.2 Å². The van der Waals surface area contributed by atoms with Crippen molar-refractivity contribution in [2.75, 3.05) is 26.4 Å². The molecular weight excluding hydrogens is 498 g/mol. The highest BCUT2D eigenvalue weighted by Gasteiger charge is 2.56. The zero-order valence-corrected chi connectivity index (χ0v) is 20.8. The van der Waals surface area contributed by atoms with Gasteiger partial charge in [0.1, 0.15) is 12.2 Å². The van der Waals surface area contributed by atoms with Crippen molar-refractivity contribution >= 4 is 16.0 Å². The van der Waals surface area contributed by atoms with Crippen molar-refractivity contribution in [2.24, 2.45) is 5.41 Å². The van der Waals surface area contributed by atoms with E-state index in [1.54, 1.807) is 7.05 Å². The topological polar surface area (TPSA) is 141 Å². The number of hydrogen-bond acceptors (Lipinski definition) is 8. The Kier molecular flexibility index (Phi) is 8.25. The maximum absolute atomic E-state index is 13.7. The van der Waals surface area contributed by atoms with E-state index in [0.717, 1.165) is 0 Å². The lowest BCUT2D eigenvalue weighted by Crippen LogP contribution is -2.55. The Morgan fingerprint density at radius 1 is 1.37 bits per heavy atom. The average molecular weight is 528 g/mol. The largest absolute Gasteiger partial charge is 0.471 e. The second-order valence-corrected chi connectivity index (χ2v) is 11.1. The fraction of sp³-hybridized carbons (Fsp3) is 0.800. The van der Waals surface area contributed by atoms with Gasteiger partial charge in [-0.25, -0.2) is 4.39 Å². The van der Waals surface area contributed by atoms with Gasteiger partial charge in [0.15, 0.2) is 5.82 Å². The third-order valence-electron chi connectivity index (χ3n) is 7.11. The van der Waals surface area contributed by atoms with Crippen LogP contribution in [-0.2, 0) is 21.1 Å². The van der Waals surface area contributed by atoms with Crippen molar-refractivity contribution in [3.8, 4) is 6.07 Å². The molecule has 2 heterocycles. The molecule has 1 aliphatic heterocycles. The molecule has 0 spiro atoms. The molecule has 2 fully saturated rings. The Hall–Kier alpha value is -2.31. The Labute approximate surface area is 201 Å². The van der Waals surface area contributed by atoms with Gasteiger partial charge in [0.05, 0.1) is 25.4 Å². The first-order chi connectivity index (χ1) is 15.8. The van der Waals surface area contributed by atoms with Crippen LogP contribution < -0.4 is 0 Å². The number of hydrogen-bond donors (Lipinski definition) is 1. The highest BCUT2D eigenvalue weighted by molar-refractivity contribution is 7.85. The molecule has 1 aromatic rings. The van der Waals surface area contributed by atoms with Crippen molar-refractivity contribution in [3.05, 3.63) is 11.7 Å². The summed E-state index contributed by atoms with van der Waals surface area (Å²) in [6.45, 7) is 5.62. The van der Waals surface area contributed by atoms with E-state index in [4.69, 9.17) is 4.55 Å². The second-order valence-electron chi connectivity index (χ2n) is 9.66. The number of likely N-dealkylation sites (N-methyl/N-ethyl adjacent to an activating group) is 1. The second kappa shape index (κ2) is 9.98. The minimum atomic E-state index is -4.71. The molecule has 0 unspecified atom stereocenters. The van der Waals surface area contributed by atoms with Crippen molar-refractivity contribution < 1.29 is 39.8 Å². The summed E-state index contributed by atoms with van der Waals surface area (Å²) in [5, 5.41) is 12.7. The van der Waals surface area contributed by atoms with Gasteiger partial charge >= 0.3 is 12.1 Å². The van der Waals surface area contributed by atoms with Crippen LogP contribution in [0.4, 0.5) is 17.6 Å². The molecule has 2 aliphatic rings. The van der Waals surface area contributed by atoms with Crippen LogP contribution in [0.25, 0.3) is 0 Å². The van der Waals surface area contributed by atoms with Gasteiger partial charge in [0.2, 0.25) is 5.91 Å². The Bertz CT molecular complexity index is 1060. The van der Waals surface area contributed by atoms with Crippen LogP contribution in [0.5, 0.6) is 0 Å². The fourth-order valence-corrected chi connectivity index (χ4v) is 4.76. The number of carbonyl (C=O) groups excluding carboxylic acids is 1. The number of halogens is 4. The normalized spacial score (nSPS) is 28.5. The summed E-state index contributed by atoms with van der Waals surface area (Å²) >= 11 is 0. The monoisotopic (exact) mass is 527 g/mol. The van der Waals surface area contributed by atoms with Crippen LogP contribution in [0.15, 0.2) is 4.52 Å². The molecular formula is C20H29F4N5O5S. The smallest absolute Gasteiger partial charge is 0.329 e. The predicted molar refractivity (Wildman–Crippen MR) is 114 cm³/mol. The van der Waals surface area contributed by atoms with Crippen LogP contribution in [0.3, 0.4) is 0 Å². The molecule has 0 aromatic carbocycles. The summed E-state index contributed by atoms with van der Waals surface area (Å²) < 4.78 is 82.5. The van der Waals surface area contributed by atoms with Crippen molar-refractivity contribution in [2.45, 2.75) is 69.9 Å². The zero-order chi connectivity index (χ0) is 27.0. The summed E-state index contributed by atoms with van der Waals surface area (Å²) in [6, 6.07) is 1.19. The SMILES string of the molecule is CN(CC(=O)N1C[C@@H](F)C[C@H]1C#N)[C@@]1(C)CC[C@H](c2noc(C(F)(F)F)n2)C1(C)C.CS(=O)(=O)O. The standard InChI is InChI=1S/C19H25F4N5O2.CH4O3S/c1-17(2)13(15-25-16(30-26-15)19(21,22)23)5-6-18(17,3)27(4)10-14(29)28-9-11(20)7-12(28)8-24;1-5(2,3)4/h11-13H,5-7,9-10H2,1-4H3;1H3,(H,2,3,4)/t11-,12-,13+,18-;/m0./s1. The summed E-state index contributed by atoms with van der Waals surface area (Å²) in [5.74, 6) is -2.11. The van der Waals surface area contributed by atoms with Gasteiger partial charge < -0.3 is 9.42 Å². The van der Waals surface area contributed by atoms with E-state index in [1.807, 2.05) is 31.7 Å². The lowest BCUT2D eigenvalue weighted by atomic mass is 9.70. The number of alkyl halides is 4. The first kappa shape index (κ1) is 28.9. The molecule has 1 N–H and O–H groups in total. The van der Waals surface area contributed by atoms with Gasteiger partial charge in [-0.2, -0.15) is 31.8 Å². The lowest BCUT2D eigenvalue weighted by Gasteiger charge is -2.47. The molecule has 1 saturated carbocycles. The van der Waals surface area contributed by atoms with E-state index in [2.05, 4.69) is 14.7 Å². The molecule has 3 rings (SSSR count). The Morgan fingerprint density at radius 2 is 1.94 bits per heavy atom. The minimum Gasteiger partial charge on any atom is -0.329 e. The molecule has 10 nitrogen and oxygen atoms in total. The number of aromatic nitrogens is 2. The van der Waals surface area contributed by atoms with Crippen LogP contribution in [0, 0.1) is 16.7 Å². The van der Waals surface area contributed by atoms with E-state index in [1.165, 1.54) is 4.90 Å². The van der Waals surface area contributed by atoms with E-state index in [9.17, 15) is 36.0 Å². The fourth-order valence-electron chi connectivity index (χ4n) is 4.76. The molecule has 1 amide bonds. The van der Waals surface area contributed by atoms with Crippen LogP contribution in [0.1, 0.15) is 57.7 Å². The molecule has 15 heteroatoms. The van der Waals surface area contributed by atoms with Crippen LogP contribution in [0.2, 0.25) is 0 Å². The first-order valence-corrected chi connectivity index (χ1v) is 12.5. The van der Waals surface area contributed by atoms with Gasteiger partial charge in [-0.15, -0.1) is 0 Å². The molecule has 198 valence electrons. The van der Waals surface area contributed by atoms with E-state index < -0.39 is 51.3 Å². The minimum absolute atomic E-state index is 0.000125. The third-order valence-corrected chi connectivity index (χ3v) is 7.11. The number of nitriles is 1. The van der Waals surface area contributed by atoms with Gasteiger partial charge in [0.25, 0.3) is 10.1 Å².